The summed E-state index contributed by atoms with van der Waals surface area (Å²) < 4.78 is 11.0. The van der Waals surface area contributed by atoms with Crippen molar-refractivity contribution in [1.82, 2.24) is 10.2 Å². The normalized spacial score (nSPS) is 20.2. The van der Waals surface area contributed by atoms with Crippen LogP contribution >= 0.6 is 0 Å². The summed E-state index contributed by atoms with van der Waals surface area (Å²) in [6.07, 6.45) is 0.829. The summed E-state index contributed by atoms with van der Waals surface area (Å²) in [5.41, 5.74) is 4.00. The van der Waals surface area contributed by atoms with Gasteiger partial charge in [-0.3, -0.25) is 9.59 Å². The number of carboxylic acids is 1. The molecule has 2 aromatic carbocycles. The quantitative estimate of drug-likeness (QED) is 0.652. The van der Waals surface area contributed by atoms with Crippen molar-refractivity contribution < 1.29 is 29.0 Å². The molecular formula is C26H28N2O6. The second kappa shape index (κ2) is 9.10. The van der Waals surface area contributed by atoms with E-state index in [1.165, 1.54) is 0 Å². The fourth-order valence-electron chi connectivity index (χ4n) is 5.09. The summed E-state index contributed by atoms with van der Waals surface area (Å²) in [5, 5.41) is 12.0. The minimum absolute atomic E-state index is 0.0277. The summed E-state index contributed by atoms with van der Waals surface area (Å²) in [7, 11) is 0. The molecule has 8 nitrogen and oxygen atoms in total. The van der Waals surface area contributed by atoms with Gasteiger partial charge in [0.15, 0.2) is 0 Å². The lowest BCUT2D eigenvalue weighted by molar-refractivity contribution is -0.146. The van der Waals surface area contributed by atoms with Crippen LogP contribution in [0.4, 0.5) is 4.79 Å². The van der Waals surface area contributed by atoms with E-state index in [2.05, 4.69) is 29.6 Å². The van der Waals surface area contributed by atoms with E-state index >= 15 is 0 Å². The molecule has 1 aliphatic heterocycles. The summed E-state index contributed by atoms with van der Waals surface area (Å²) in [6.45, 7) is 1.17. The number of ether oxygens (including phenoxy) is 2. The number of nitrogens with zero attached hydrogens (tertiary/aromatic N) is 1. The molecule has 0 aromatic heterocycles. The van der Waals surface area contributed by atoms with Crippen molar-refractivity contribution in [2.45, 2.75) is 43.2 Å². The molecule has 1 unspecified atom stereocenters. The van der Waals surface area contributed by atoms with Crippen LogP contribution in [-0.4, -0.2) is 65.9 Å². The standard InChI is InChI=1S/C26H28N2O6/c29-23(28-11-12-33-15-17(28)13-24(30)31)14-26(9-10-26)27-25(32)34-16-22-20-7-3-1-5-18(20)19-6-2-4-8-21(19)22/h1-8,17,22H,9-16H2,(H,27,32)(H,30,31). The fraction of sp³-hybridized carbons (Fsp3) is 0.423. The first kappa shape index (κ1) is 22.4. The molecule has 2 aromatic rings. The van der Waals surface area contributed by atoms with Crippen molar-refractivity contribution in [2.24, 2.45) is 0 Å². The lowest BCUT2D eigenvalue weighted by atomic mass is 9.98. The number of hydrogen-bond donors (Lipinski definition) is 2. The summed E-state index contributed by atoms with van der Waals surface area (Å²) in [4.78, 5) is 38.4. The van der Waals surface area contributed by atoms with E-state index in [9.17, 15) is 14.4 Å². The molecule has 1 saturated heterocycles. The first-order chi connectivity index (χ1) is 16.5. The fourth-order valence-corrected chi connectivity index (χ4v) is 5.09. The van der Waals surface area contributed by atoms with E-state index in [0.717, 1.165) is 22.3 Å². The zero-order valence-corrected chi connectivity index (χ0v) is 18.9. The van der Waals surface area contributed by atoms with Crippen LogP contribution in [0.15, 0.2) is 48.5 Å². The molecule has 3 aliphatic rings. The van der Waals surface area contributed by atoms with Gasteiger partial charge in [-0.25, -0.2) is 4.79 Å². The van der Waals surface area contributed by atoms with Gasteiger partial charge < -0.3 is 24.8 Å². The number of aliphatic carboxylic acids is 1. The third-order valence-electron chi connectivity index (χ3n) is 7.01. The second-order valence-corrected chi connectivity index (χ2v) is 9.32. The molecule has 2 fully saturated rings. The molecule has 1 saturated carbocycles. The van der Waals surface area contributed by atoms with Crippen molar-refractivity contribution in [2.75, 3.05) is 26.4 Å². The van der Waals surface area contributed by atoms with Crippen molar-refractivity contribution >= 4 is 18.0 Å². The monoisotopic (exact) mass is 464 g/mol. The average Bonchev–Trinajstić information content (AvgIpc) is 3.49. The van der Waals surface area contributed by atoms with E-state index in [1.807, 2.05) is 24.3 Å². The Morgan fingerprint density at radius 2 is 1.71 bits per heavy atom. The Kier molecular flexibility index (Phi) is 6.00. The number of nitrogens with one attached hydrogen (secondary N) is 1. The Labute approximate surface area is 197 Å². The SMILES string of the molecule is O=C(O)CC1COCCN1C(=O)CC1(NC(=O)OCC2c3ccccc3-c3ccccc32)CC1. The predicted molar refractivity (Wildman–Crippen MR) is 123 cm³/mol. The number of carbonyl (C=O) groups excluding carboxylic acids is 2. The van der Waals surface area contributed by atoms with Gasteiger partial charge in [0.05, 0.1) is 37.6 Å². The first-order valence-corrected chi connectivity index (χ1v) is 11.7. The van der Waals surface area contributed by atoms with Crippen molar-refractivity contribution in [3.05, 3.63) is 59.7 Å². The van der Waals surface area contributed by atoms with Crippen molar-refractivity contribution in [1.29, 1.82) is 0 Å². The Bertz CT molecular complexity index is 1070. The maximum atomic E-state index is 13.0. The smallest absolute Gasteiger partial charge is 0.407 e. The Hall–Kier alpha value is -3.39. The van der Waals surface area contributed by atoms with Crippen LogP contribution in [0.3, 0.4) is 0 Å². The minimum Gasteiger partial charge on any atom is -0.481 e. The number of hydrogen-bond acceptors (Lipinski definition) is 5. The van der Waals surface area contributed by atoms with Gasteiger partial charge in [-0.2, -0.15) is 0 Å². The molecule has 2 aliphatic carbocycles. The van der Waals surface area contributed by atoms with Gasteiger partial charge in [-0.1, -0.05) is 48.5 Å². The third-order valence-corrected chi connectivity index (χ3v) is 7.01. The molecule has 178 valence electrons. The van der Waals surface area contributed by atoms with Crippen LogP contribution in [0.5, 0.6) is 0 Å². The first-order valence-electron chi connectivity index (χ1n) is 11.7. The highest BCUT2D eigenvalue weighted by atomic mass is 16.5. The topological polar surface area (TPSA) is 105 Å². The molecule has 0 bridgehead atoms. The van der Waals surface area contributed by atoms with Gasteiger partial charge in [0.1, 0.15) is 6.61 Å². The zero-order valence-electron chi connectivity index (χ0n) is 18.9. The van der Waals surface area contributed by atoms with E-state index in [0.29, 0.717) is 26.0 Å². The lowest BCUT2D eigenvalue weighted by Gasteiger charge is -2.35. The van der Waals surface area contributed by atoms with Gasteiger partial charge in [0.25, 0.3) is 0 Å². The van der Waals surface area contributed by atoms with Gasteiger partial charge in [-0.05, 0) is 35.1 Å². The molecule has 34 heavy (non-hydrogen) atoms. The number of fused-ring (bicyclic) bond motifs is 3. The number of amides is 2. The van der Waals surface area contributed by atoms with E-state index in [4.69, 9.17) is 14.6 Å². The van der Waals surface area contributed by atoms with Crippen LogP contribution in [0.2, 0.25) is 0 Å². The molecule has 2 amide bonds. The van der Waals surface area contributed by atoms with E-state index in [-0.39, 0.29) is 37.9 Å². The van der Waals surface area contributed by atoms with Crippen molar-refractivity contribution in [3.63, 3.8) is 0 Å². The summed E-state index contributed by atoms with van der Waals surface area (Å²) >= 11 is 0. The van der Waals surface area contributed by atoms with Crippen LogP contribution in [0.25, 0.3) is 11.1 Å². The number of benzene rings is 2. The molecule has 8 heteroatoms. The van der Waals surface area contributed by atoms with Gasteiger partial charge in [0.2, 0.25) is 5.91 Å². The highest BCUT2D eigenvalue weighted by molar-refractivity contribution is 5.81. The van der Waals surface area contributed by atoms with Crippen molar-refractivity contribution in [3.8, 4) is 11.1 Å². The van der Waals surface area contributed by atoms with Gasteiger partial charge >= 0.3 is 12.1 Å². The Morgan fingerprint density at radius 1 is 1.06 bits per heavy atom. The maximum Gasteiger partial charge on any atom is 0.407 e. The van der Waals surface area contributed by atoms with Gasteiger partial charge in [0, 0.05) is 12.5 Å². The van der Waals surface area contributed by atoms with Crippen LogP contribution in [-0.2, 0) is 19.1 Å². The van der Waals surface area contributed by atoms with Gasteiger partial charge in [-0.15, -0.1) is 0 Å². The minimum atomic E-state index is -0.966. The predicted octanol–water partition coefficient (Wildman–Crippen LogP) is 3.15. The highest BCUT2D eigenvalue weighted by Gasteiger charge is 2.48. The van der Waals surface area contributed by atoms with Crippen LogP contribution in [0.1, 0.15) is 42.7 Å². The lowest BCUT2D eigenvalue weighted by Crippen LogP contribution is -2.51. The highest BCUT2D eigenvalue weighted by Crippen LogP contribution is 2.45. The number of alkyl carbamates (subject to hydrolysis) is 1. The number of carboxylic acid groups (broad SMARTS) is 1. The maximum absolute atomic E-state index is 13.0. The second-order valence-electron chi connectivity index (χ2n) is 9.32. The van der Waals surface area contributed by atoms with E-state index < -0.39 is 23.6 Å². The third kappa shape index (κ3) is 4.50. The average molecular weight is 465 g/mol. The number of rotatable bonds is 7. The van der Waals surface area contributed by atoms with E-state index in [1.54, 1.807) is 4.90 Å². The molecule has 1 heterocycles. The molecule has 0 spiro atoms. The molecule has 1 atom stereocenters. The van der Waals surface area contributed by atoms with Crippen LogP contribution < -0.4 is 5.32 Å². The largest absolute Gasteiger partial charge is 0.481 e. The summed E-state index contributed by atoms with van der Waals surface area (Å²) in [5.74, 6) is -1.16. The Balaban J connectivity index is 1.19. The molecule has 2 N–H and O–H groups in total. The zero-order chi connectivity index (χ0) is 23.7. The van der Waals surface area contributed by atoms with Crippen LogP contribution in [0, 0.1) is 0 Å². The molecule has 0 radical (unpaired) electrons. The summed E-state index contributed by atoms with van der Waals surface area (Å²) in [6, 6.07) is 15.8. The Morgan fingerprint density at radius 3 is 2.32 bits per heavy atom. The number of carbonyl (C=O) groups is 3. The number of morpholine rings is 1. The molecule has 5 rings (SSSR count). The molecular weight excluding hydrogens is 436 g/mol.